The van der Waals surface area contributed by atoms with Crippen LogP contribution >= 0.6 is 15.9 Å². The Bertz CT molecular complexity index is 407. The van der Waals surface area contributed by atoms with E-state index in [0.717, 1.165) is 23.9 Å². The van der Waals surface area contributed by atoms with Gasteiger partial charge in [-0.3, -0.25) is 0 Å². The smallest absolute Gasteiger partial charge is 0.146 e. The zero-order chi connectivity index (χ0) is 15.5. The first-order valence-corrected chi connectivity index (χ1v) is 7.95. The maximum absolute atomic E-state index is 13.5. The highest BCUT2D eigenvalue weighted by Crippen LogP contribution is 2.19. The molecule has 120 valence electrons. The van der Waals surface area contributed by atoms with Gasteiger partial charge in [-0.25, -0.2) is 4.39 Å². The van der Waals surface area contributed by atoms with Crippen LogP contribution in [-0.4, -0.2) is 44.2 Å². The van der Waals surface area contributed by atoms with Gasteiger partial charge in [-0.1, -0.05) is 29.3 Å². The van der Waals surface area contributed by atoms with Crippen molar-refractivity contribution in [3.63, 3.8) is 0 Å². The van der Waals surface area contributed by atoms with Gasteiger partial charge in [0, 0.05) is 17.6 Å². The highest BCUT2D eigenvalue weighted by Gasteiger charge is 2.07. The normalized spacial score (nSPS) is 12.4. The molecule has 0 radical (unpaired) electrons. The van der Waals surface area contributed by atoms with E-state index < -0.39 is 6.10 Å². The van der Waals surface area contributed by atoms with Gasteiger partial charge in [0.05, 0.1) is 31.6 Å². The molecule has 2 N–H and O–H groups in total. The summed E-state index contributed by atoms with van der Waals surface area (Å²) in [4.78, 5) is 0. The molecule has 1 aromatic carbocycles. The summed E-state index contributed by atoms with van der Waals surface area (Å²) in [6.45, 7) is 4.25. The Kier molecular flexibility index (Phi) is 9.58. The lowest BCUT2D eigenvalue weighted by molar-refractivity contribution is 0.00748. The third-order valence-corrected chi connectivity index (χ3v) is 3.27. The van der Waals surface area contributed by atoms with Gasteiger partial charge in [0.1, 0.15) is 5.82 Å². The fraction of sp³-hybridized carbons (Fsp3) is 0.600. The lowest BCUT2D eigenvalue weighted by atomic mass is 10.3. The Morgan fingerprint density at radius 3 is 2.81 bits per heavy atom. The molecule has 0 saturated heterocycles. The van der Waals surface area contributed by atoms with E-state index in [1.165, 1.54) is 6.07 Å². The lowest BCUT2D eigenvalue weighted by Crippen LogP contribution is -2.26. The number of aliphatic hydroxyl groups is 1. The Morgan fingerprint density at radius 2 is 2.05 bits per heavy atom. The molecule has 0 amide bonds. The summed E-state index contributed by atoms with van der Waals surface area (Å²) in [5.74, 6) is -0.351. The molecule has 0 aromatic heterocycles. The highest BCUT2D eigenvalue weighted by atomic mass is 79.9. The van der Waals surface area contributed by atoms with E-state index in [1.54, 1.807) is 12.1 Å². The molecule has 4 nitrogen and oxygen atoms in total. The minimum absolute atomic E-state index is 0.194. The third-order valence-electron chi connectivity index (χ3n) is 2.78. The van der Waals surface area contributed by atoms with Gasteiger partial charge in [0.2, 0.25) is 0 Å². The van der Waals surface area contributed by atoms with Crippen molar-refractivity contribution in [2.24, 2.45) is 0 Å². The topological polar surface area (TPSA) is 50.7 Å². The molecule has 21 heavy (non-hydrogen) atoms. The SMILES string of the molecule is CCCCOCCOCC(O)CNc1cc(Br)ccc1F. The molecule has 0 saturated carbocycles. The zero-order valence-electron chi connectivity index (χ0n) is 12.3. The van der Waals surface area contributed by atoms with Crippen molar-refractivity contribution in [1.29, 1.82) is 0 Å². The number of ether oxygens (including phenoxy) is 2. The van der Waals surface area contributed by atoms with Gasteiger partial charge in [-0.2, -0.15) is 0 Å². The summed E-state index contributed by atoms with van der Waals surface area (Å²) in [5, 5.41) is 12.6. The Balaban J connectivity index is 2.11. The molecule has 0 aliphatic heterocycles. The molecule has 1 rings (SSSR count). The molecule has 0 heterocycles. The van der Waals surface area contributed by atoms with Crippen molar-refractivity contribution in [1.82, 2.24) is 0 Å². The summed E-state index contributed by atoms with van der Waals surface area (Å²) in [6.07, 6.45) is 1.46. The molecular formula is C15H23BrFNO3. The predicted molar refractivity (Wildman–Crippen MR) is 85.1 cm³/mol. The van der Waals surface area contributed by atoms with Crippen LogP contribution in [0.25, 0.3) is 0 Å². The van der Waals surface area contributed by atoms with Crippen LogP contribution in [0, 0.1) is 5.82 Å². The van der Waals surface area contributed by atoms with E-state index >= 15 is 0 Å². The first-order chi connectivity index (χ1) is 10.1. The van der Waals surface area contributed by atoms with E-state index in [2.05, 4.69) is 28.2 Å². The molecular weight excluding hydrogens is 341 g/mol. The van der Waals surface area contributed by atoms with E-state index in [-0.39, 0.29) is 19.0 Å². The number of halogens is 2. The first-order valence-electron chi connectivity index (χ1n) is 7.16. The zero-order valence-corrected chi connectivity index (χ0v) is 13.9. The second-order valence-electron chi connectivity index (χ2n) is 4.70. The first kappa shape index (κ1) is 18.4. The van der Waals surface area contributed by atoms with E-state index in [9.17, 15) is 9.50 Å². The number of nitrogens with one attached hydrogen (secondary N) is 1. The minimum Gasteiger partial charge on any atom is -0.389 e. The van der Waals surface area contributed by atoms with E-state index in [4.69, 9.17) is 9.47 Å². The predicted octanol–water partition coefficient (Wildman–Crippen LogP) is 3.19. The summed E-state index contributed by atoms with van der Waals surface area (Å²) in [6, 6.07) is 4.62. The third kappa shape index (κ3) is 8.36. The number of unbranched alkanes of at least 4 members (excludes halogenated alkanes) is 1. The largest absolute Gasteiger partial charge is 0.389 e. The van der Waals surface area contributed by atoms with Crippen molar-refractivity contribution in [2.75, 3.05) is 38.3 Å². The van der Waals surface area contributed by atoms with Crippen LogP contribution in [0.15, 0.2) is 22.7 Å². The van der Waals surface area contributed by atoms with Crippen molar-refractivity contribution in [3.8, 4) is 0 Å². The molecule has 6 heteroatoms. The van der Waals surface area contributed by atoms with Crippen LogP contribution in [0.3, 0.4) is 0 Å². The standard InChI is InChI=1S/C15H23BrFNO3/c1-2-3-6-20-7-8-21-11-13(19)10-18-15-9-12(16)4-5-14(15)17/h4-5,9,13,18-19H,2-3,6-8,10-11H2,1H3. The molecule has 0 bridgehead atoms. The number of hydrogen-bond acceptors (Lipinski definition) is 4. The average molecular weight is 364 g/mol. The van der Waals surface area contributed by atoms with Crippen molar-refractivity contribution < 1.29 is 19.0 Å². The molecule has 0 aliphatic carbocycles. The van der Waals surface area contributed by atoms with E-state index in [0.29, 0.717) is 18.9 Å². The van der Waals surface area contributed by atoms with Crippen LogP contribution in [0.1, 0.15) is 19.8 Å². The van der Waals surface area contributed by atoms with Gasteiger partial charge < -0.3 is 19.9 Å². The summed E-state index contributed by atoms with van der Waals surface area (Å²) < 4.78 is 24.9. The van der Waals surface area contributed by atoms with Crippen LogP contribution in [0.4, 0.5) is 10.1 Å². The Morgan fingerprint density at radius 1 is 1.29 bits per heavy atom. The van der Waals surface area contributed by atoms with Gasteiger partial charge in [-0.15, -0.1) is 0 Å². The summed E-state index contributed by atoms with van der Waals surface area (Å²) in [7, 11) is 0. The number of hydrogen-bond donors (Lipinski definition) is 2. The van der Waals surface area contributed by atoms with Crippen LogP contribution < -0.4 is 5.32 Å². The molecule has 1 aromatic rings. The lowest BCUT2D eigenvalue weighted by Gasteiger charge is -2.14. The average Bonchev–Trinajstić information content (AvgIpc) is 2.47. The van der Waals surface area contributed by atoms with Crippen LogP contribution in [0.2, 0.25) is 0 Å². The molecule has 1 atom stereocenters. The fourth-order valence-electron chi connectivity index (χ4n) is 1.61. The summed E-state index contributed by atoms with van der Waals surface area (Å²) in [5.41, 5.74) is 0.353. The number of aliphatic hydroxyl groups excluding tert-OH is 1. The van der Waals surface area contributed by atoms with Gasteiger partial charge in [0.15, 0.2) is 0 Å². The monoisotopic (exact) mass is 363 g/mol. The Hall–Kier alpha value is -0.690. The van der Waals surface area contributed by atoms with Crippen molar-refractivity contribution >= 4 is 21.6 Å². The van der Waals surface area contributed by atoms with Crippen molar-refractivity contribution in [3.05, 3.63) is 28.5 Å². The number of rotatable bonds is 11. The second-order valence-corrected chi connectivity index (χ2v) is 5.62. The Labute approximate surface area is 133 Å². The maximum Gasteiger partial charge on any atom is 0.146 e. The van der Waals surface area contributed by atoms with Gasteiger partial charge in [0.25, 0.3) is 0 Å². The summed E-state index contributed by atoms with van der Waals surface area (Å²) >= 11 is 3.27. The van der Waals surface area contributed by atoms with E-state index in [1.807, 2.05) is 0 Å². The number of anilines is 1. The van der Waals surface area contributed by atoms with Gasteiger partial charge in [-0.05, 0) is 24.6 Å². The number of benzene rings is 1. The minimum atomic E-state index is -0.695. The molecule has 0 fully saturated rings. The highest BCUT2D eigenvalue weighted by molar-refractivity contribution is 9.10. The molecule has 1 unspecified atom stereocenters. The van der Waals surface area contributed by atoms with Gasteiger partial charge >= 0.3 is 0 Å². The quantitative estimate of drug-likeness (QED) is 0.592. The fourth-order valence-corrected chi connectivity index (χ4v) is 1.97. The van der Waals surface area contributed by atoms with Crippen LogP contribution in [-0.2, 0) is 9.47 Å². The maximum atomic E-state index is 13.5. The molecule has 0 spiro atoms. The second kappa shape index (κ2) is 11.0. The van der Waals surface area contributed by atoms with Crippen LogP contribution in [0.5, 0.6) is 0 Å². The molecule has 0 aliphatic rings. The van der Waals surface area contributed by atoms with Crippen molar-refractivity contribution in [2.45, 2.75) is 25.9 Å².